The quantitative estimate of drug-likeness (QED) is 0.347. The van der Waals surface area contributed by atoms with Crippen molar-refractivity contribution in [2.45, 2.75) is 18.2 Å². The molecule has 9 heteroatoms. The summed E-state index contributed by atoms with van der Waals surface area (Å²) >= 11 is 0. The predicted octanol–water partition coefficient (Wildman–Crippen LogP) is 3.01. The summed E-state index contributed by atoms with van der Waals surface area (Å²) in [4.78, 5) is 8.90. The standard InChI is InChI=1S/C11H11ClFNO5S/c1-7(2)3-4-19-11-9(13)5-8(14(15)16)6-10(11)20(12,17)18/h5-6H,1,3-4H2,2H3. The molecule has 1 aromatic rings. The van der Waals surface area contributed by atoms with E-state index in [0.717, 1.165) is 5.57 Å². The van der Waals surface area contributed by atoms with E-state index in [-0.39, 0.29) is 6.61 Å². The molecule has 0 aliphatic heterocycles. The van der Waals surface area contributed by atoms with Crippen LogP contribution in [0.4, 0.5) is 10.1 Å². The van der Waals surface area contributed by atoms with Crippen LogP contribution in [0.5, 0.6) is 5.75 Å². The van der Waals surface area contributed by atoms with Gasteiger partial charge in [-0.3, -0.25) is 10.1 Å². The molecule has 20 heavy (non-hydrogen) atoms. The predicted molar refractivity (Wildman–Crippen MR) is 71.0 cm³/mol. The SMILES string of the molecule is C=C(C)CCOc1c(F)cc([N+](=O)[O-])cc1S(=O)(=O)Cl. The second-order valence-corrected chi connectivity index (χ2v) is 6.54. The van der Waals surface area contributed by atoms with Crippen molar-refractivity contribution < 1.29 is 22.5 Å². The lowest BCUT2D eigenvalue weighted by molar-refractivity contribution is -0.385. The Morgan fingerprint density at radius 2 is 2.15 bits per heavy atom. The van der Waals surface area contributed by atoms with E-state index in [1.54, 1.807) is 6.92 Å². The first-order valence-electron chi connectivity index (χ1n) is 5.32. The number of halogens is 2. The second-order valence-electron chi connectivity index (χ2n) is 4.01. The maximum absolute atomic E-state index is 13.8. The maximum Gasteiger partial charge on any atom is 0.273 e. The lowest BCUT2D eigenvalue weighted by Crippen LogP contribution is -2.05. The van der Waals surface area contributed by atoms with Gasteiger partial charge in [-0.15, -0.1) is 6.58 Å². The van der Waals surface area contributed by atoms with Crippen LogP contribution in [-0.2, 0) is 9.05 Å². The zero-order valence-corrected chi connectivity index (χ0v) is 12.0. The average Bonchev–Trinajstić information content (AvgIpc) is 2.28. The van der Waals surface area contributed by atoms with E-state index in [1.807, 2.05) is 0 Å². The number of benzene rings is 1. The normalized spacial score (nSPS) is 11.2. The summed E-state index contributed by atoms with van der Waals surface area (Å²) in [5.41, 5.74) is 0.0246. The van der Waals surface area contributed by atoms with Crippen molar-refractivity contribution in [1.29, 1.82) is 0 Å². The summed E-state index contributed by atoms with van der Waals surface area (Å²) < 4.78 is 41.5. The summed E-state index contributed by atoms with van der Waals surface area (Å²) in [6.45, 7) is 5.30. The molecule has 6 nitrogen and oxygen atoms in total. The fraction of sp³-hybridized carbons (Fsp3) is 0.273. The van der Waals surface area contributed by atoms with Gasteiger partial charge in [0.05, 0.1) is 17.6 Å². The zero-order valence-electron chi connectivity index (χ0n) is 10.4. The van der Waals surface area contributed by atoms with Crippen molar-refractivity contribution in [1.82, 2.24) is 0 Å². The third-order valence-corrected chi connectivity index (χ3v) is 3.57. The molecule has 0 radical (unpaired) electrons. The number of non-ortho nitro benzene ring substituents is 1. The highest BCUT2D eigenvalue weighted by atomic mass is 35.7. The number of hydrogen-bond donors (Lipinski definition) is 0. The topological polar surface area (TPSA) is 86.5 Å². The number of ether oxygens (including phenoxy) is 1. The van der Waals surface area contributed by atoms with Gasteiger partial charge in [-0.1, -0.05) is 5.57 Å². The molecule has 0 bridgehead atoms. The molecule has 0 unspecified atom stereocenters. The maximum atomic E-state index is 13.8. The fourth-order valence-electron chi connectivity index (χ4n) is 1.31. The Bertz CT molecular complexity index is 659. The van der Waals surface area contributed by atoms with Crippen LogP contribution < -0.4 is 4.74 Å². The average molecular weight is 324 g/mol. The van der Waals surface area contributed by atoms with Gasteiger partial charge in [-0.05, 0) is 6.92 Å². The lowest BCUT2D eigenvalue weighted by Gasteiger charge is -2.10. The van der Waals surface area contributed by atoms with Crippen molar-refractivity contribution in [3.05, 3.63) is 40.2 Å². The van der Waals surface area contributed by atoms with Crippen molar-refractivity contribution in [2.24, 2.45) is 0 Å². The Kier molecular flexibility index (Phi) is 5.07. The molecular formula is C11H11ClFNO5S. The van der Waals surface area contributed by atoms with Gasteiger partial charge in [-0.2, -0.15) is 0 Å². The van der Waals surface area contributed by atoms with Crippen molar-refractivity contribution in [3.8, 4) is 5.75 Å². The van der Waals surface area contributed by atoms with Gasteiger partial charge in [0.15, 0.2) is 11.6 Å². The molecule has 0 saturated heterocycles. The number of nitro benzene ring substituents is 1. The molecule has 0 atom stereocenters. The smallest absolute Gasteiger partial charge is 0.273 e. The fourth-order valence-corrected chi connectivity index (χ4v) is 2.29. The lowest BCUT2D eigenvalue weighted by atomic mass is 10.2. The first kappa shape index (κ1) is 16.4. The molecule has 0 fully saturated rings. The Morgan fingerprint density at radius 3 is 2.60 bits per heavy atom. The van der Waals surface area contributed by atoms with Gasteiger partial charge in [0, 0.05) is 23.2 Å². The first-order valence-corrected chi connectivity index (χ1v) is 7.63. The van der Waals surface area contributed by atoms with Gasteiger partial charge in [0.25, 0.3) is 14.7 Å². The molecule has 0 amide bonds. The van der Waals surface area contributed by atoms with Crippen LogP contribution in [0, 0.1) is 15.9 Å². The Hall–Kier alpha value is -1.67. The van der Waals surface area contributed by atoms with Gasteiger partial charge in [0.1, 0.15) is 4.90 Å². The van der Waals surface area contributed by atoms with Gasteiger partial charge < -0.3 is 4.74 Å². The first-order chi connectivity index (χ1) is 9.12. The molecule has 0 aliphatic carbocycles. The molecule has 110 valence electrons. The third kappa shape index (κ3) is 4.17. The summed E-state index contributed by atoms with van der Waals surface area (Å²) in [6, 6.07) is 1.23. The molecule has 0 aliphatic rings. The van der Waals surface area contributed by atoms with Crippen molar-refractivity contribution in [2.75, 3.05) is 6.61 Å². The number of nitro groups is 1. The van der Waals surface area contributed by atoms with E-state index in [1.165, 1.54) is 0 Å². The molecule has 0 aromatic heterocycles. The minimum Gasteiger partial charge on any atom is -0.489 e. The zero-order chi connectivity index (χ0) is 15.5. The molecule has 0 N–H and O–H groups in total. The Balaban J connectivity index is 3.28. The molecule has 0 spiro atoms. The van der Waals surface area contributed by atoms with E-state index in [0.29, 0.717) is 18.6 Å². The second kappa shape index (κ2) is 6.19. The summed E-state index contributed by atoms with van der Waals surface area (Å²) in [6.07, 6.45) is 0.373. The molecule has 0 heterocycles. The monoisotopic (exact) mass is 323 g/mol. The Morgan fingerprint density at radius 1 is 1.55 bits per heavy atom. The minimum absolute atomic E-state index is 0.0243. The highest BCUT2D eigenvalue weighted by Gasteiger charge is 2.25. The third-order valence-electron chi connectivity index (χ3n) is 2.24. The van der Waals surface area contributed by atoms with E-state index in [4.69, 9.17) is 15.4 Å². The highest BCUT2D eigenvalue weighted by molar-refractivity contribution is 8.13. The number of rotatable bonds is 6. The van der Waals surface area contributed by atoms with E-state index >= 15 is 0 Å². The highest BCUT2D eigenvalue weighted by Crippen LogP contribution is 2.34. The van der Waals surface area contributed by atoms with Crippen LogP contribution in [-0.4, -0.2) is 19.9 Å². The molecular weight excluding hydrogens is 313 g/mol. The van der Waals surface area contributed by atoms with E-state index in [9.17, 15) is 22.9 Å². The van der Waals surface area contributed by atoms with E-state index < -0.39 is 36.1 Å². The van der Waals surface area contributed by atoms with Gasteiger partial charge in [0.2, 0.25) is 0 Å². The van der Waals surface area contributed by atoms with Crippen LogP contribution in [0.15, 0.2) is 29.2 Å². The molecule has 1 aromatic carbocycles. The van der Waals surface area contributed by atoms with Crippen LogP contribution >= 0.6 is 10.7 Å². The van der Waals surface area contributed by atoms with Gasteiger partial charge in [-0.25, -0.2) is 12.8 Å². The van der Waals surface area contributed by atoms with Crippen molar-refractivity contribution in [3.63, 3.8) is 0 Å². The van der Waals surface area contributed by atoms with Crippen LogP contribution in [0.25, 0.3) is 0 Å². The Labute approximate surface area is 119 Å². The molecule has 1 rings (SSSR count). The van der Waals surface area contributed by atoms with Gasteiger partial charge >= 0.3 is 0 Å². The van der Waals surface area contributed by atoms with E-state index in [2.05, 4.69) is 6.58 Å². The summed E-state index contributed by atoms with van der Waals surface area (Å²) in [5, 5.41) is 10.6. The number of hydrogen-bond acceptors (Lipinski definition) is 5. The number of nitrogens with zero attached hydrogens (tertiary/aromatic N) is 1. The van der Waals surface area contributed by atoms with Crippen LogP contribution in [0.2, 0.25) is 0 Å². The summed E-state index contributed by atoms with van der Waals surface area (Å²) in [7, 11) is 0.757. The molecule has 0 saturated carbocycles. The van der Waals surface area contributed by atoms with Crippen molar-refractivity contribution >= 4 is 25.4 Å². The van der Waals surface area contributed by atoms with Crippen LogP contribution in [0.1, 0.15) is 13.3 Å². The largest absolute Gasteiger partial charge is 0.489 e. The minimum atomic E-state index is -4.38. The summed E-state index contributed by atoms with van der Waals surface area (Å²) in [5.74, 6) is -1.80. The van der Waals surface area contributed by atoms with Crippen LogP contribution in [0.3, 0.4) is 0 Å².